The van der Waals surface area contributed by atoms with Crippen molar-refractivity contribution < 1.29 is 33.3 Å². The molecule has 4 atom stereocenters. The van der Waals surface area contributed by atoms with E-state index >= 15 is 0 Å². The number of aromatic nitrogens is 3. The average molecular weight is 620 g/mol. The summed E-state index contributed by atoms with van der Waals surface area (Å²) in [6.45, 7) is -0.399. The van der Waals surface area contributed by atoms with Gasteiger partial charge in [-0.2, -0.15) is 9.78 Å². The van der Waals surface area contributed by atoms with Crippen molar-refractivity contribution in [2.45, 2.75) is 29.6 Å². The second kappa shape index (κ2) is 13.6. The molecule has 2 heterocycles. The molecular formula is C30H25N3O8S2. The van der Waals surface area contributed by atoms with Crippen LogP contribution >= 0.6 is 24.0 Å². The SMILES string of the molecule is CSc1nn([C@H]2O[C@@H](COC(=O)c3ccccc3)[C@@H](OC(=O)c3ccccc3)[C@H]2OC(=O)c2ccccc2)c(=O)[nH]c1=S. The quantitative estimate of drug-likeness (QED) is 0.125. The highest BCUT2D eigenvalue weighted by Gasteiger charge is 2.52. The summed E-state index contributed by atoms with van der Waals surface area (Å²) in [6.07, 6.45) is -3.52. The van der Waals surface area contributed by atoms with Gasteiger partial charge in [0.05, 0.1) is 16.7 Å². The van der Waals surface area contributed by atoms with Crippen LogP contribution in [0.4, 0.5) is 0 Å². The van der Waals surface area contributed by atoms with E-state index in [-0.39, 0.29) is 15.8 Å². The summed E-state index contributed by atoms with van der Waals surface area (Å²) < 4.78 is 24.4. The number of ether oxygens (including phenoxy) is 4. The molecule has 1 fully saturated rings. The Balaban J connectivity index is 1.53. The van der Waals surface area contributed by atoms with E-state index in [4.69, 9.17) is 31.2 Å². The van der Waals surface area contributed by atoms with E-state index < -0.39 is 54.7 Å². The van der Waals surface area contributed by atoms with Gasteiger partial charge in [-0.25, -0.2) is 19.2 Å². The zero-order valence-electron chi connectivity index (χ0n) is 22.7. The van der Waals surface area contributed by atoms with Crippen LogP contribution in [0.2, 0.25) is 0 Å². The summed E-state index contributed by atoms with van der Waals surface area (Å²) in [5.74, 6) is -2.15. The van der Waals surface area contributed by atoms with Gasteiger partial charge in [-0.05, 0) is 42.7 Å². The summed E-state index contributed by atoms with van der Waals surface area (Å²) in [5.41, 5.74) is -0.0162. The average Bonchev–Trinajstić information content (AvgIpc) is 3.36. The van der Waals surface area contributed by atoms with Gasteiger partial charge in [0.2, 0.25) is 0 Å². The van der Waals surface area contributed by atoms with Gasteiger partial charge in [0.25, 0.3) is 0 Å². The maximum atomic E-state index is 13.3. The van der Waals surface area contributed by atoms with Crippen molar-refractivity contribution >= 4 is 41.9 Å². The molecule has 0 amide bonds. The first-order valence-corrected chi connectivity index (χ1v) is 14.7. The number of H-pyrrole nitrogens is 1. The van der Waals surface area contributed by atoms with Gasteiger partial charge in [0, 0.05) is 0 Å². The Hall–Kier alpha value is -4.59. The lowest BCUT2D eigenvalue weighted by Gasteiger charge is -2.24. The Bertz CT molecular complexity index is 1710. The van der Waals surface area contributed by atoms with Crippen LogP contribution < -0.4 is 5.69 Å². The normalized spacial score (nSPS) is 19.4. The third kappa shape index (κ3) is 6.91. The predicted molar refractivity (Wildman–Crippen MR) is 157 cm³/mol. The van der Waals surface area contributed by atoms with Crippen LogP contribution in [0, 0.1) is 4.64 Å². The van der Waals surface area contributed by atoms with Crippen molar-refractivity contribution in [3.63, 3.8) is 0 Å². The standard InChI is InChI=1S/C30H25N3O8S2/c1-43-25-24(42)31-30(37)33(32-25)26-23(41-29(36)20-15-9-4-10-16-20)22(40-28(35)19-13-7-3-8-14-19)21(39-26)17-38-27(34)18-11-5-2-6-12-18/h2-16,21-23,26H,17H2,1H3,(H,31,37,42)/t21-,22+,23+,26-/m0/s1. The van der Waals surface area contributed by atoms with Gasteiger partial charge in [0.15, 0.2) is 23.5 Å². The summed E-state index contributed by atoms with van der Waals surface area (Å²) in [7, 11) is 0. The summed E-state index contributed by atoms with van der Waals surface area (Å²) in [5, 5.41) is 4.63. The highest BCUT2D eigenvalue weighted by molar-refractivity contribution is 7.98. The van der Waals surface area contributed by atoms with Crippen molar-refractivity contribution in [2.75, 3.05) is 12.9 Å². The smallest absolute Gasteiger partial charge is 0.345 e. The molecule has 1 saturated heterocycles. The molecule has 0 saturated carbocycles. The number of rotatable bonds is 9. The first-order valence-electron chi connectivity index (χ1n) is 13.0. The van der Waals surface area contributed by atoms with E-state index in [2.05, 4.69) is 10.1 Å². The van der Waals surface area contributed by atoms with Gasteiger partial charge in [-0.3, -0.25) is 4.98 Å². The van der Waals surface area contributed by atoms with Crippen LogP contribution in [-0.4, -0.2) is 63.8 Å². The third-order valence-electron chi connectivity index (χ3n) is 6.43. The van der Waals surface area contributed by atoms with Gasteiger partial charge in [-0.1, -0.05) is 66.8 Å². The van der Waals surface area contributed by atoms with Crippen LogP contribution in [0.15, 0.2) is 101 Å². The maximum Gasteiger partial charge on any atom is 0.345 e. The fourth-order valence-electron chi connectivity index (χ4n) is 4.36. The zero-order chi connectivity index (χ0) is 30.3. The van der Waals surface area contributed by atoms with E-state index in [1.54, 1.807) is 97.3 Å². The summed E-state index contributed by atoms with van der Waals surface area (Å²) in [4.78, 5) is 54.8. The van der Waals surface area contributed by atoms with Crippen LogP contribution in [0.5, 0.6) is 0 Å². The number of nitrogens with one attached hydrogen (secondary N) is 1. The molecule has 0 aliphatic carbocycles. The van der Waals surface area contributed by atoms with Gasteiger partial charge in [0.1, 0.15) is 17.4 Å². The van der Waals surface area contributed by atoms with Gasteiger partial charge in [-0.15, -0.1) is 11.8 Å². The molecule has 1 aliphatic rings. The van der Waals surface area contributed by atoms with E-state index in [0.717, 1.165) is 4.68 Å². The Morgan fingerprint density at radius 2 is 1.33 bits per heavy atom. The van der Waals surface area contributed by atoms with Crippen molar-refractivity contribution in [3.8, 4) is 0 Å². The molecule has 0 unspecified atom stereocenters. The molecule has 11 nitrogen and oxygen atoms in total. The molecule has 0 spiro atoms. The minimum absolute atomic E-state index is 0.116. The molecule has 13 heteroatoms. The van der Waals surface area contributed by atoms with E-state index in [1.807, 2.05) is 0 Å². The van der Waals surface area contributed by atoms with Crippen molar-refractivity contribution in [3.05, 3.63) is 123 Å². The van der Waals surface area contributed by atoms with Crippen LogP contribution in [-0.2, 0) is 18.9 Å². The van der Waals surface area contributed by atoms with Crippen LogP contribution in [0.25, 0.3) is 0 Å². The lowest BCUT2D eigenvalue weighted by molar-refractivity contribution is -0.0706. The predicted octanol–water partition coefficient (Wildman–Crippen LogP) is 4.23. The molecule has 4 aromatic rings. The lowest BCUT2D eigenvalue weighted by Crippen LogP contribution is -2.43. The number of esters is 3. The van der Waals surface area contributed by atoms with Crippen molar-refractivity contribution in [1.29, 1.82) is 0 Å². The minimum Gasteiger partial charge on any atom is -0.459 e. The monoisotopic (exact) mass is 619 g/mol. The number of carbonyl (C=O) groups excluding carboxylic acids is 3. The Morgan fingerprint density at radius 3 is 1.84 bits per heavy atom. The molecule has 5 rings (SSSR count). The molecular weight excluding hydrogens is 594 g/mol. The maximum absolute atomic E-state index is 13.3. The summed E-state index contributed by atoms with van der Waals surface area (Å²) >= 11 is 6.39. The van der Waals surface area contributed by atoms with Crippen LogP contribution in [0.1, 0.15) is 37.3 Å². The number of benzene rings is 3. The number of thioether (sulfide) groups is 1. The van der Waals surface area contributed by atoms with Crippen LogP contribution in [0.3, 0.4) is 0 Å². The first-order chi connectivity index (χ1) is 20.9. The van der Waals surface area contributed by atoms with Gasteiger partial charge < -0.3 is 18.9 Å². The molecule has 1 aromatic heterocycles. The number of carbonyl (C=O) groups is 3. The third-order valence-corrected chi connectivity index (χ3v) is 7.53. The highest BCUT2D eigenvalue weighted by atomic mass is 32.2. The minimum atomic E-state index is -1.38. The molecule has 220 valence electrons. The Morgan fingerprint density at radius 1 is 0.837 bits per heavy atom. The summed E-state index contributed by atoms with van der Waals surface area (Å²) in [6, 6.07) is 24.6. The van der Waals surface area contributed by atoms with Gasteiger partial charge >= 0.3 is 23.6 Å². The molecule has 0 radical (unpaired) electrons. The number of aromatic amines is 1. The van der Waals surface area contributed by atoms with Crippen molar-refractivity contribution in [2.24, 2.45) is 0 Å². The first kappa shape index (κ1) is 29.9. The molecule has 1 aliphatic heterocycles. The van der Waals surface area contributed by atoms with E-state index in [0.29, 0.717) is 10.6 Å². The largest absolute Gasteiger partial charge is 0.459 e. The molecule has 3 aromatic carbocycles. The molecule has 1 N–H and O–H groups in total. The second-order valence-corrected chi connectivity index (χ2v) is 10.4. The lowest BCUT2D eigenvalue weighted by atomic mass is 10.1. The van der Waals surface area contributed by atoms with Crippen molar-refractivity contribution in [1.82, 2.24) is 14.8 Å². The highest BCUT2D eigenvalue weighted by Crippen LogP contribution is 2.34. The van der Waals surface area contributed by atoms with E-state index in [9.17, 15) is 19.2 Å². The molecule has 43 heavy (non-hydrogen) atoms. The number of hydrogen-bond donors (Lipinski definition) is 1. The fraction of sp³-hybridized carbons (Fsp3) is 0.200. The Labute approximate surface area is 254 Å². The fourth-order valence-corrected chi connectivity index (χ4v) is 5.14. The number of hydrogen-bond acceptors (Lipinski definition) is 11. The van der Waals surface area contributed by atoms with E-state index in [1.165, 1.54) is 11.8 Å². The Kier molecular flexibility index (Phi) is 9.45. The number of nitrogens with zero attached hydrogens (tertiary/aromatic N) is 2. The second-order valence-electron chi connectivity index (χ2n) is 9.21. The zero-order valence-corrected chi connectivity index (χ0v) is 24.3. The molecule has 0 bridgehead atoms. The topological polar surface area (TPSA) is 139 Å².